The fourth-order valence-corrected chi connectivity index (χ4v) is 5.06. The Bertz CT molecular complexity index is 1340. The van der Waals surface area contributed by atoms with Gasteiger partial charge in [-0.2, -0.15) is 0 Å². The van der Waals surface area contributed by atoms with Crippen LogP contribution >= 0.6 is 0 Å². The molecule has 0 spiro atoms. The molecular formula is C22H24N4O5S2. The van der Waals surface area contributed by atoms with E-state index in [0.29, 0.717) is 17.1 Å². The van der Waals surface area contributed by atoms with Gasteiger partial charge in [-0.05, 0) is 73.5 Å². The van der Waals surface area contributed by atoms with Gasteiger partial charge in [-0.1, -0.05) is 6.07 Å². The molecule has 0 saturated heterocycles. The van der Waals surface area contributed by atoms with Crippen LogP contribution in [0.4, 0.5) is 17.1 Å². The van der Waals surface area contributed by atoms with Crippen molar-refractivity contribution in [2.75, 3.05) is 27.1 Å². The van der Waals surface area contributed by atoms with E-state index in [-0.39, 0.29) is 4.90 Å². The van der Waals surface area contributed by atoms with Crippen molar-refractivity contribution in [1.82, 2.24) is 4.98 Å². The summed E-state index contributed by atoms with van der Waals surface area (Å²) in [4.78, 5) is 16.4. The number of carbonyl (C=O) groups is 1. The first-order chi connectivity index (χ1) is 15.4. The number of benzene rings is 2. The van der Waals surface area contributed by atoms with E-state index in [9.17, 15) is 21.6 Å². The molecule has 0 atom stereocenters. The van der Waals surface area contributed by atoms with E-state index in [4.69, 9.17) is 0 Å². The molecule has 3 aromatic rings. The molecule has 2 aromatic carbocycles. The number of hydrogen-bond donors (Lipinski definition) is 2. The molecule has 3 rings (SSSR count). The maximum absolute atomic E-state index is 12.6. The predicted molar refractivity (Wildman–Crippen MR) is 128 cm³/mol. The summed E-state index contributed by atoms with van der Waals surface area (Å²) in [7, 11) is -7.55. The van der Waals surface area contributed by atoms with Crippen LogP contribution in [0, 0.1) is 13.8 Å². The van der Waals surface area contributed by atoms with Crippen molar-refractivity contribution in [3.05, 3.63) is 78.1 Å². The Hall–Kier alpha value is -3.44. The Morgan fingerprint density at radius 1 is 0.939 bits per heavy atom. The van der Waals surface area contributed by atoms with E-state index in [0.717, 1.165) is 21.7 Å². The highest BCUT2D eigenvalue weighted by atomic mass is 32.2. The van der Waals surface area contributed by atoms with Gasteiger partial charge in [-0.3, -0.25) is 18.8 Å². The Balaban J connectivity index is 1.73. The van der Waals surface area contributed by atoms with Crippen LogP contribution in [-0.2, 0) is 24.8 Å². The number of rotatable bonds is 8. The van der Waals surface area contributed by atoms with Gasteiger partial charge in [0.2, 0.25) is 15.9 Å². The molecule has 0 saturated carbocycles. The third-order valence-electron chi connectivity index (χ3n) is 4.54. The van der Waals surface area contributed by atoms with Gasteiger partial charge in [-0.15, -0.1) is 0 Å². The number of carbonyl (C=O) groups excluding carboxylic acids is 1. The number of amides is 1. The zero-order chi connectivity index (χ0) is 24.2. The summed E-state index contributed by atoms with van der Waals surface area (Å²) in [6.45, 7) is 3.26. The second-order valence-corrected chi connectivity index (χ2v) is 11.1. The van der Waals surface area contributed by atoms with Gasteiger partial charge < -0.3 is 5.32 Å². The summed E-state index contributed by atoms with van der Waals surface area (Å²) in [6, 6.07) is 14.0. The highest BCUT2D eigenvalue weighted by molar-refractivity contribution is 7.92. The van der Waals surface area contributed by atoms with E-state index in [1.54, 1.807) is 24.3 Å². The van der Waals surface area contributed by atoms with Crippen LogP contribution in [0.15, 0.2) is 71.9 Å². The van der Waals surface area contributed by atoms with Crippen molar-refractivity contribution >= 4 is 43.0 Å². The molecule has 2 N–H and O–H groups in total. The van der Waals surface area contributed by atoms with Crippen LogP contribution in [-0.4, -0.2) is 40.5 Å². The van der Waals surface area contributed by atoms with Crippen molar-refractivity contribution in [2.45, 2.75) is 18.7 Å². The molecule has 0 aliphatic carbocycles. The van der Waals surface area contributed by atoms with Crippen LogP contribution in [0.2, 0.25) is 0 Å². The van der Waals surface area contributed by atoms with E-state index in [1.807, 2.05) is 19.9 Å². The molecule has 0 aliphatic heterocycles. The van der Waals surface area contributed by atoms with Crippen molar-refractivity contribution in [3.8, 4) is 0 Å². The number of nitrogens with zero attached hydrogens (tertiary/aromatic N) is 2. The normalized spacial score (nSPS) is 11.6. The predicted octanol–water partition coefficient (Wildman–Crippen LogP) is 2.90. The minimum atomic E-state index is -3.83. The molecule has 0 bridgehead atoms. The molecule has 174 valence electrons. The van der Waals surface area contributed by atoms with E-state index < -0.39 is 32.5 Å². The summed E-state index contributed by atoms with van der Waals surface area (Å²) < 4.78 is 53.1. The van der Waals surface area contributed by atoms with Crippen LogP contribution in [0.25, 0.3) is 0 Å². The maximum atomic E-state index is 12.6. The third-order valence-corrected chi connectivity index (χ3v) is 7.08. The van der Waals surface area contributed by atoms with Gasteiger partial charge >= 0.3 is 0 Å². The number of nitrogens with one attached hydrogen (secondary N) is 2. The molecule has 0 fully saturated rings. The lowest BCUT2D eigenvalue weighted by Gasteiger charge is -2.23. The van der Waals surface area contributed by atoms with Crippen molar-refractivity contribution in [2.24, 2.45) is 0 Å². The molecule has 1 heterocycles. The molecule has 1 aromatic heterocycles. The summed E-state index contributed by atoms with van der Waals surface area (Å²) in [6.07, 6.45) is 3.95. The maximum Gasteiger partial charge on any atom is 0.261 e. The Morgan fingerprint density at radius 2 is 1.58 bits per heavy atom. The first-order valence-corrected chi connectivity index (χ1v) is 13.2. The second kappa shape index (κ2) is 9.59. The zero-order valence-electron chi connectivity index (χ0n) is 18.3. The number of hydrogen-bond acceptors (Lipinski definition) is 6. The molecule has 11 heteroatoms. The van der Waals surface area contributed by atoms with Gasteiger partial charge in [-0.25, -0.2) is 16.8 Å². The summed E-state index contributed by atoms with van der Waals surface area (Å²) in [5.74, 6) is -0.566. The van der Waals surface area contributed by atoms with Gasteiger partial charge in [0, 0.05) is 11.9 Å². The minimum Gasteiger partial charge on any atom is -0.325 e. The highest BCUT2D eigenvalue weighted by Crippen LogP contribution is 2.22. The van der Waals surface area contributed by atoms with Crippen LogP contribution in [0.1, 0.15) is 11.1 Å². The Morgan fingerprint density at radius 3 is 2.12 bits per heavy atom. The van der Waals surface area contributed by atoms with Gasteiger partial charge in [0.05, 0.1) is 28.7 Å². The topological polar surface area (TPSA) is 126 Å². The first kappa shape index (κ1) is 24.2. The van der Waals surface area contributed by atoms with Crippen LogP contribution in [0.3, 0.4) is 0 Å². The smallest absolute Gasteiger partial charge is 0.261 e. The average molecular weight is 489 g/mol. The zero-order valence-corrected chi connectivity index (χ0v) is 19.9. The lowest BCUT2D eigenvalue weighted by Crippen LogP contribution is -2.37. The number of pyridine rings is 1. The van der Waals surface area contributed by atoms with Crippen LogP contribution < -0.4 is 14.3 Å². The number of aryl methyl sites for hydroxylation is 2. The number of sulfonamides is 2. The first-order valence-electron chi connectivity index (χ1n) is 9.83. The van der Waals surface area contributed by atoms with Crippen molar-refractivity contribution in [1.29, 1.82) is 0 Å². The lowest BCUT2D eigenvalue weighted by molar-refractivity contribution is -0.114. The quantitative estimate of drug-likeness (QED) is 0.502. The number of anilines is 3. The molecule has 0 aliphatic rings. The highest BCUT2D eigenvalue weighted by Gasteiger charge is 2.22. The van der Waals surface area contributed by atoms with Gasteiger partial charge in [0.1, 0.15) is 6.54 Å². The minimum absolute atomic E-state index is 0.00245. The SMILES string of the molecule is Cc1cc(C)cc(N(CC(=O)Nc2ccc(S(=O)(=O)Nc3cccnc3)cc2)S(C)(=O)=O)c1. The summed E-state index contributed by atoms with van der Waals surface area (Å²) in [5.41, 5.74) is 2.79. The fourth-order valence-electron chi connectivity index (χ4n) is 3.18. The van der Waals surface area contributed by atoms with Crippen molar-refractivity contribution < 1.29 is 21.6 Å². The molecule has 33 heavy (non-hydrogen) atoms. The van der Waals surface area contributed by atoms with E-state index in [1.165, 1.54) is 36.7 Å². The Labute approximate surface area is 193 Å². The van der Waals surface area contributed by atoms with E-state index >= 15 is 0 Å². The molecule has 9 nitrogen and oxygen atoms in total. The molecule has 0 radical (unpaired) electrons. The molecule has 1 amide bonds. The third kappa shape index (κ3) is 6.53. The summed E-state index contributed by atoms with van der Waals surface area (Å²) >= 11 is 0. The fraction of sp³-hybridized carbons (Fsp3) is 0.182. The Kier molecular flexibility index (Phi) is 7.04. The van der Waals surface area contributed by atoms with Gasteiger partial charge in [0.15, 0.2) is 0 Å². The monoisotopic (exact) mass is 488 g/mol. The second-order valence-electron chi connectivity index (χ2n) is 7.54. The van der Waals surface area contributed by atoms with E-state index in [2.05, 4.69) is 15.0 Å². The standard InChI is InChI=1S/C22H24N4O5S2/c1-16-11-17(2)13-20(12-16)26(32(3,28)29)15-22(27)24-18-6-8-21(9-7-18)33(30,31)25-19-5-4-10-23-14-19/h4-14,25H,15H2,1-3H3,(H,24,27). The van der Waals surface area contributed by atoms with Crippen molar-refractivity contribution in [3.63, 3.8) is 0 Å². The number of aromatic nitrogens is 1. The van der Waals surface area contributed by atoms with Gasteiger partial charge in [0.25, 0.3) is 10.0 Å². The molecular weight excluding hydrogens is 464 g/mol. The summed E-state index contributed by atoms with van der Waals surface area (Å²) in [5, 5.41) is 2.60. The van der Waals surface area contributed by atoms with Crippen LogP contribution in [0.5, 0.6) is 0 Å². The molecule has 0 unspecified atom stereocenters. The lowest BCUT2D eigenvalue weighted by atomic mass is 10.1. The largest absolute Gasteiger partial charge is 0.325 e. The average Bonchev–Trinajstić information content (AvgIpc) is 2.71.